The number of carbonyl (C=O) groups is 1. The zero-order chi connectivity index (χ0) is 16.4. The molecule has 8 heteroatoms. The number of rotatable bonds is 4. The predicted octanol–water partition coefficient (Wildman–Crippen LogP) is 1.39. The first kappa shape index (κ1) is 15.7. The van der Waals surface area contributed by atoms with Gasteiger partial charge in [0.15, 0.2) is 12.4 Å². The van der Waals surface area contributed by atoms with Crippen molar-refractivity contribution in [2.45, 2.75) is 40.3 Å². The normalized spacial score (nSPS) is 11.0. The van der Waals surface area contributed by atoms with E-state index in [-0.39, 0.29) is 30.4 Å². The minimum absolute atomic E-state index is 0.00321. The molecule has 0 spiro atoms. The highest BCUT2D eigenvalue weighted by molar-refractivity contribution is 5.91. The second-order valence-corrected chi connectivity index (χ2v) is 5.29. The van der Waals surface area contributed by atoms with E-state index in [1.165, 1.54) is 0 Å². The molecule has 0 aliphatic heterocycles. The summed E-state index contributed by atoms with van der Waals surface area (Å²) in [6.07, 6.45) is 0. The Morgan fingerprint density at radius 2 is 1.82 bits per heavy atom. The van der Waals surface area contributed by atoms with Crippen LogP contribution in [-0.4, -0.2) is 25.5 Å². The van der Waals surface area contributed by atoms with Crippen molar-refractivity contribution < 1.29 is 9.53 Å². The molecule has 8 nitrogen and oxygen atoms in total. The number of ether oxygens (including phenoxy) is 1. The summed E-state index contributed by atoms with van der Waals surface area (Å²) in [5.41, 5.74) is 13.3. The van der Waals surface area contributed by atoms with Gasteiger partial charge in [-0.15, -0.1) is 0 Å². The molecule has 0 amide bonds. The Hall–Kier alpha value is -2.64. The number of nitrogens with zero attached hydrogens (tertiary/aromatic N) is 4. The van der Waals surface area contributed by atoms with Crippen LogP contribution in [0, 0.1) is 13.8 Å². The van der Waals surface area contributed by atoms with Crippen LogP contribution in [0.25, 0.3) is 0 Å². The summed E-state index contributed by atoms with van der Waals surface area (Å²) in [5, 5.41) is 0. The lowest BCUT2D eigenvalue weighted by atomic mass is 10.2. The van der Waals surface area contributed by atoms with Gasteiger partial charge in [-0.3, -0.25) is 0 Å². The third kappa shape index (κ3) is 3.16. The van der Waals surface area contributed by atoms with Crippen LogP contribution in [0.4, 0.5) is 11.9 Å². The van der Waals surface area contributed by atoms with Crippen LogP contribution in [0.2, 0.25) is 0 Å². The van der Waals surface area contributed by atoms with Gasteiger partial charge in [-0.25, -0.2) is 4.79 Å². The Kier molecular flexibility index (Phi) is 4.30. The molecule has 118 valence electrons. The number of nitrogens with two attached hydrogens (primary N) is 2. The fraction of sp³-hybridized carbons (Fsp3) is 0.429. The van der Waals surface area contributed by atoms with E-state index >= 15 is 0 Å². The van der Waals surface area contributed by atoms with Crippen molar-refractivity contribution in [3.8, 4) is 0 Å². The Morgan fingerprint density at radius 1 is 1.23 bits per heavy atom. The summed E-state index contributed by atoms with van der Waals surface area (Å²) in [6.45, 7) is 7.86. The smallest absolute Gasteiger partial charge is 0.340 e. The number of aromatic nitrogens is 4. The van der Waals surface area contributed by atoms with Gasteiger partial charge < -0.3 is 20.8 Å². The maximum atomic E-state index is 12.2. The second kappa shape index (κ2) is 6.00. The van der Waals surface area contributed by atoms with E-state index in [9.17, 15) is 4.79 Å². The highest BCUT2D eigenvalue weighted by atomic mass is 16.5. The van der Waals surface area contributed by atoms with Gasteiger partial charge >= 0.3 is 5.97 Å². The standard InChI is InChI=1S/C14H20N6O2/c1-7(2)20-8(3)5-10(9(20)4)12(21)22-6-11-17-13(15)19-14(16)18-11/h5,7H,6H2,1-4H3,(H4,15,16,17,18,19). The van der Waals surface area contributed by atoms with E-state index in [0.29, 0.717) is 5.56 Å². The molecule has 0 radical (unpaired) electrons. The molecule has 2 rings (SSSR count). The average Bonchev–Trinajstić information content (AvgIpc) is 2.70. The third-order valence-electron chi connectivity index (χ3n) is 3.27. The van der Waals surface area contributed by atoms with E-state index in [1.807, 2.05) is 19.9 Å². The first-order valence-electron chi connectivity index (χ1n) is 6.91. The van der Waals surface area contributed by atoms with Gasteiger partial charge in [-0.05, 0) is 33.8 Å². The van der Waals surface area contributed by atoms with Crippen LogP contribution < -0.4 is 11.5 Å². The summed E-state index contributed by atoms with van der Waals surface area (Å²) < 4.78 is 7.32. The molecule has 22 heavy (non-hydrogen) atoms. The van der Waals surface area contributed by atoms with Gasteiger partial charge in [0, 0.05) is 17.4 Å². The van der Waals surface area contributed by atoms with Crippen molar-refractivity contribution in [3.63, 3.8) is 0 Å². The van der Waals surface area contributed by atoms with Gasteiger partial charge in [-0.1, -0.05) is 0 Å². The van der Waals surface area contributed by atoms with Gasteiger partial charge in [0.05, 0.1) is 5.56 Å². The maximum absolute atomic E-state index is 12.2. The predicted molar refractivity (Wildman–Crippen MR) is 82.1 cm³/mol. The number of esters is 1. The fourth-order valence-electron chi connectivity index (χ4n) is 2.51. The minimum Gasteiger partial charge on any atom is -0.454 e. The lowest BCUT2D eigenvalue weighted by Crippen LogP contribution is -2.12. The van der Waals surface area contributed by atoms with E-state index in [0.717, 1.165) is 11.4 Å². The Bertz CT molecular complexity index is 687. The lowest BCUT2D eigenvalue weighted by molar-refractivity contribution is 0.0461. The monoisotopic (exact) mass is 304 g/mol. The van der Waals surface area contributed by atoms with Gasteiger partial charge in [-0.2, -0.15) is 15.0 Å². The first-order chi connectivity index (χ1) is 10.3. The lowest BCUT2D eigenvalue weighted by Gasteiger charge is -2.13. The Labute approximate surface area is 128 Å². The second-order valence-electron chi connectivity index (χ2n) is 5.29. The molecule has 2 aromatic rings. The van der Waals surface area contributed by atoms with Crippen LogP contribution in [0.5, 0.6) is 0 Å². The van der Waals surface area contributed by atoms with Crippen LogP contribution in [0.1, 0.15) is 47.5 Å². The molecule has 2 heterocycles. The zero-order valence-corrected chi connectivity index (χ0v) is 13.1. The molecule has 2 aromatic heterocycles. The summed E-state index contributed by atoms with van der Waals surface area (Å²) in [4.78, 5) is 23.6. The molecule has 0 aromatic carbocycles. The van der Waals surface area contributed by atoms with Crippen molar-refractivity contribution in [2.75, 3.05) is 11.5 Å². The first-order valence-corrected chi connectivity index (χ1v) is 6.91. The molecule has 0 fully saturated rings. The molecular weight excluding hydrogens is 284 g/mol. The number of hydrogen-bond acceptors (Lipinski definition) is 7. The molecule has 4 N–H and O–H groups in total. The maximum Gasteiger partial charge on any atom is 0.340 e. The van der Waals surface area contributed by atoms with Crippen molar-refractivity contribution in [1.82, 2.24) is 19.5 Å². The van der Waals surface area contributed by atoms with Gasteiger partial charge in [0.2, 0.25) is 11.9 Å². The fourth-order valence-corrected chi connectivity index (χ4v) is 2.51. The number of nitrogen functional groups attached to an aromatic ring is 2. The minimum atomic E-state index is -0.433. The largest absolute Gasteiger partial charge is 0.454 e. The van der Waals surface area contributed by atoms with Crippen molar-refractivity contribution in [2.24, 2.45) is 0 Å². The zero-order valence-electron chi connectivity index (χ0n) is 13.1. The number of hydrogen-bond donors (Lipinski definition) is 2. The quantitative estimate of drug-likeness (QED) is 0.818. The van der Waals surface area contributed by atoms with Crippen LogP contribution in [0.15, 0.2) is 6.07 Å². The molecule has 0 saturated carbocycles. The van der Waals surface area contributed by atoms with Crippen molar-refractivity contribution >= 4 is 17.9 Å². The SMILES string of the molecule is Cc1cc(C(=O)OCc2nc(N)nc(N)n2)c(C)n1C(C)C. The van der Waals surface area contributed by atoms with Gasteiger partial charge in [0.1, 0.15) is 0 Å². The van der Waals surface area contributed by atoms with Crippen LogP contribution >= 0.6 is 0 Å². The van der Waals surface area contributed by atoms with Crippen LogP contribution in [0.3, 0.4) is 0 Å². The summed E-state index contributed by atoms with van der Waals surface area (Å²) in [5.74, 6) is -0.221. The summed E-state index contributed by atoms with van der Waals surface area (Å²) in [6, 6.07) is 2.08. The van der Waals surface area contributed by atoms with Crippen LogP contribution in [-0.2, 0) is 11.3 Å². The summed E-state index contributed by atoms with van der Waals surface area (Å²) >= 11 is 0. The molecule has 0 aliphatic carbocycles. The molecule has 0 aliphatic rings. The Morgan fingerprint density at radius 3 is 2.32 bits per heavy atom. The Balaban J connectivity index is 2.14. The average molecular weight is 304 g/mol. The molecule has 0 bridgehead atoms. The number of anilines is 2. The van der Waals surface area contributed by atoms with Gasteiger partial charge in [0.25, 0.3) is 0 Å². The molecule has 0 atom stereocenters. The van der Waals surface area contributed by atoms with Crippen molar-refractivity contribution in [3.05, 3.63) is 28.8 Å². The molecule has 0 unspecified atom stereocenters. The molecular formula is C14H20N6O2. The highest BCUT2D eigenvalue weighted by Gasteiger charge is 2.18. The third-order valence-corrected chi connectivity index (χ3v) is 3.27. The number of carbonyl (C=O) groups excluding carboxylic acids is 1. The summed E-state index contributed by atoms with van der Waals surface area (Å²) in [7, 11) is 0. The van der Waals surface area contributed by atoms with E-state index in [4.69, 9.17) is 16.2 Å². The van der Waals surface area contributed by atoms with E-state index in [2.05, 4.69) is 33.4 Å². The van der Waals surface area contributed by atoms with E-state index in [1.54, 1.807) is 0 Å². The highest BCUT2D eigenvalue weighted by Crippen LogP contribution is 2.21. The molecule has 0 saturated heterocycles. The van der Waals surface area contributed by atoms with Crippen molar-refractivity contribution in [1.29, 1.82) is 0 Å². The topological polar surface area (TPSA) is 122 Å². The number of aryl methyl sites for hydroxylation is 1. The van der Waals surface area contributed by atoms with E-state index < -0.39 is 5.97 Å².